The summed E-state index contributed by atoms with van der Waals surface area (Å²) in [6.45, 7) is 0.604. The summed E-state index contributed by atoms with van der Waals surface area (Å²) in [6, 6.07) is 6.25. The predicted octanol–water partition coefficient (Wildman–Crippen LogP) is 2.55. The van der Waals surface area contributed by atoms with Crippen LogP contribution in [-0.2, 0) is 0 Å². The molecule has 1 aliphatic heterocycles. The lowest BCUT2D eigenvalue weighted by atomic mass is 10.2. The zero-order chi connectivity index (χ0) is 14.8. The highest BCUT2D eigenvalue weighted by Crippen LogP contribution is 2.27. The highest BCUT2D eigenvalue weighted by atomic mass is 32.1. The van der Waals surface area contributed by atoms with E-state index in [1.54, 1.807) is 28.5 Å². The van der Waals surface area contributed by atoms with Gasteiger partial charge in [-0.15, -0.1) is 11.3 Å². The summed E-state index contributed by atoms with van der Waals surface area (Å²) >= 11 is 1.25. The smallest absolute Gasteiger partial charge is 0.273 e. The van der Waals surface area contributed by atoms with Gasteiger partial charge >= 0.3 is 0 Å². The fourth-order valence-electron chi connectivity index (χ4n) is 2.57. The number of hydrogen-bond acceptors (Lipinski definition) is 4. The van der Waals surface area contributed by atoms with Crippen LogP contribution in [0.15, 0.2) is 29.6 Å². The Morgan fingerprint density at radius 1 is 1.48 bits per heavy atom. The number of aliphatic hydroxyl groups is 1. The molecule has 3 rings (SSSR count). The summed E-state index contributed by atoms with van der Waals surface area (Å²) in [5.41, 5.74) is 0.722. The van der Waals surface area contributed by atoms with Gasteiger partial charge in [0.05, 0.1) is 12.6 Å². The third-order valence-corrected chi connectivity index (χ3v) is 4.55. The minimum atomic E-state index is -0.347. The number of halogens is 1. The first kappa shape index (κ1) is 14.2. The van der Waals surface area contributed by atoms with E-state index in [0.717, 1.165) is 12.8 Å². The van der Waals surface area contributed by atoms with Crippen LogP contribution in [-0.4, -0.2) is 40.1 Å². The highest BCUT2D eigenvalue weighted by Gasteiger charge is 2.30. The fourth-order valence-corrected chi connectivity index (χ4v) is 3.39. The molecule has 1 amide bonds. The number of carbonyl (C=O) groups excluding carboxylic acids is 1. The van der Waals surface area contributed by atoms with Crippen molar-refractivity contribution in [3.8, 4) is 10.6 Å². The SMILES string of the molecule is O=C(c1csc(-c2ccccc2F)n1)N1CCC[C@@H]1CO. The van der Waals surface area contributed by atoms with E-state index in [0.29, 0.717) is 22.8 Å². The molecule has 1 N–H and O–H groups in total. The molecule has 0 unspecified atom stereocenters. The second-order valence-corrected chi connectivity index (χ2v) is 5.85. The molecule has 1 atom stereocenters. The minimum absolute atomic E-state index is 0.0317. The maximum Gasteiger partial charge on any atom is 0.273 e. The van der Waals surface area contributed by atoms with Crippen LogP contribution in [0.3, 0.4) is 0 Å². The van der Waals surface area contributed by atoms with Gasteiger partial charge in [-0.2, -0.15) is 0 Å². The Hall–Kier alpha value is -1.79. The van der Waals surface area contributed by atoms with Gasteiger partial charge in [0.2, 0.25) is 0 Å². The van der Waals surface area contributed by atoms with Crippen LogP contribution < -0.4 is 0 Å². The van der Waals surface area contributed by atoms with E-state index >= 15 is 0 Å². The summed E-state index contributed by atoms with van der Waals surface area (Å²) in [5.74, 6) is -0.536. The van der Waals surface area contributed by atoms with Gasteiger partial charge < -0.3 is 10.0 Å². The number of aromatic nitrogens is 1. The third-order valence-electron chi connectivity index (χ3n) is 3.68. The largest absolute Gasteiger partial charge is 0.394 e. The van der Waals surface area contributed by atoms with Crippen molar-refractivity contribution in [3.05, 3.63) is 41.2 Å². The minimum Gasteiger partial charge on any atom is -0.394 e. The number of hydrogen-bond donors (Lipinski definition) is 1. The zero-order valence-corrected chi connectivity index (χ0v) is 12.1. The van der Waals surface area contributed by atoms with Crippen LogP contribution in [0.25, 0.3) is 10.6 Å². The summed E-state index contributed by atoms with van der Waals surface area (Å²) < 4.78 is 13.7. The van der Waals surface area contributed by atoms with E-state index in [1.165, 1.54) is 17.4 Å². The molecule has 110 valence electrons. The van der Waals surface area contributed by atoms with Crippen molar-refractivity contribution in [2.75, 3.05) is 13.2 Å². The number of carbonyl (C=O) groups is 1. The standard InChI is InChI=1S/C15H15FN2O2S/c16-12-6-2-1-5-11(12)14-17-13(9-21-14)15(20)18-7-3-4-10(18)8-19/h1-2,5-6,9-10,19H,3-4,7-8H2/t10-/m1/s1. The number of benzene rings is 1. The van der Waals surface area contributed by atoms with Gasteiger partial charge in [-0.1, -0.05) is 12.1 Å². The van der Waals surface area contributed by atoms with Gasteiger partial charge in [0.15, 0.2) is 0 Å². The molecule has 0 saturated carbocycles. The second-order valence-electron chi connectivity index (χ2n) is 4.99. The Kier molecular flexibility index (Phi) is 3.98. The van der Waals surface area contributed by atoms with Crippen molar-refractivity contribution in [3.63, 3.8) is 0 Å². The van der Waals surface area contributed by atoms with Gasteiger partial charge in [-0.25, -0.2) is 9.37 Å². The fraction of sp³-hybridized carbons (Fsp3) is 0.333. The lowest BCUT2D eigenvalue weighted by Gasteiger charge is -2.21. The van der Waals surface area contributed by atoms with Crippen LogP contribution in [0.5, 0.6) is 0 Å². The third kappa shape index (κ3) is 2.69. The van der Waals surface area contributed by atoms with Crippen LogP contribution in [0.1, 0.15) is 23.3 Å². The molecule has 0 bridgehead atoms. The van der Waals surface area contributed by atoms with Crippen molar-refractivity contribution >= 4 is 17.2 Å². The van der Waals surface area contributed by atoms with Crippen LogP contribution in [0, 0.1) is 5.82 Å². The molecule has 21 heavy (non-hydrogen) atoms. The molecule has 0 radical (unpaired) electrons. The molecule has 2 aromatic rings. The lowest BCUT2D eigenvalue weighted by Crippen LogP contribution is -2.37. The Morgan fingerprint density at radius 3 is 3.05 bits per heavy atom. The number of rotatable bonds is 3. The Labute approximate surface area is 125 Å². The monoisotopic (exact) mass is 306 g/mol. The van der Waals surface area contributed by atoms with Crippen molar-refractivity contribution < 1.29 is 14.3 Å². The summed E-state index contributed by atoms with van der Waals surface area (Å²) in [7, 11) is 0. The number of nitrogens with zero attached hydrogens (tertiary/aromatic N) is 2. The molecule has 2 heterocycles. The number of thiazole rings is 1. The number of likely N-dealkylation sites (tertiary alicyclic amines) is 1. The average Bonchev–Trinajstić information content (AvgIpc) is 3.16. The maximum absolute atomic E-state index is 13.7. The first-order valence-electron chi connectivity index (χ1n) is 6.83. The summed E-state index contributed by atoms with van der Waals surface area (Å²) in [4.78, 5) is 18.3. The van der Waals surface area contributed by atoms with E-state index in [-0.39, 0.29) is 24.4 Å². The van der Waals surface area contributed by atoms with Crippen molar-refractivity contribution in [2.24, 2.45) is 0 Å². The van der Waals surface area contributed by atoms with E-state index in [9.17, 15) is 14.3 Å². The van der Waals surface area contributed by atoms with E-state index in [2.05, 4.69) is 4.98 Å². The van der Waals surface area contributed by atoms with E-state index in [4.69, 9.17) is 0 Å². The Bertz CT molecular complexity index is 659. The molecule has 1 saturated heterocycles. The van der Waals surface area contributed by atoms with Crippen LogP contribution in [0.4, 0.5) is 4.39 Å². The highest BCUT2D eigenvalue weighted by molar-refractivity contribution is 7.13. The molecule has 1 fully saturated rings. The molecule has 1 aromatic carbocycles. The molecule has 0 aliphatic carbocycles. The van der Waals surface area contributed by atoms with Gasteiger partial charge in [-0.05, 0) is 25.0 Å². The molecule has 1 aromatic heterocycles. The zero-order valence-electron chi connectivity index (χ0n) is 11.3. The molecule has 4 nitrogen and oxygen atoms in total. The topological polar surface area (TPSA) is 53.4 Å². The van der Waals surface area contributed by atoms with E-state index < -0.39 is 0 Å². The molecular formula is C15H15FN2O2S. The molecule has 1 aliphatic rings. The number of amides is 1. The van der Waals surface area contributed by atoms with Gasteiger partial charge in [0, 0.05) is 17.5 Å². The lowest BCUT2D eigenvalue weighted by molar-refractivity contribution is 0.0672. The quantitative estimate of drug-likeness (QED) is 0.948. The van der Waals surface area contributed by atoms with Crippen molar-refractivity contribution in [1.82, 2.24) is 9.88 Å². The summed E-state index contributed by atoms with van der Waals surface area (Å²) in [5, 5.41) is 11.4. The molecular weight excluding hydrogens is 291 g/mol. The number of aliphatic hydroxyl groups excluding tert-OH is 1. The molecule has 0 spiro atoms. The second kappa shape index (κ2) is 5.91. The Morgan fingerprint density at radius 2 is 2.29 bits per heavy atom. The van der Waals surface area contributed by atoms with E-state index in [1.807, 2.05) is 0 Å². The average molecular weight is 306 g/mol. The van der Waals surface area contributed by atoms with Crippen LogP contribution >= 0.6 is 11.3 Å². The first-order valence-corrected chi connectivity index (χ1v) is 7.71. The first-order chi connectivity index (χ1) is 10.2. The maximum atomic E-state index is 13.7. The Balaban J connectivity index is 1.85. The van der Waals surface area contributed by atoms with Gasteiger partial charge in [0.1, 0.15) is 16.5 Å². The molecule has 6 heteroatoms. The summed E-state index contributed by atoms with van der Waals surface area (Å²) in [6.07, 6.45) is 1.70. The van der Waals surface area contributed by atoms with Crippen LogP contribution in [0.2, 0.25) is 0 Å². The van der Waals surface area contributed by atoms with Gasteiger partial charge in [-0.3, -0.25) is 4.79 Å². The van der Waals surface area contributed by atoms with Gasteiger partial charge in [0.25, 0.3) is 5.91 Å². The van der Waals surface area contributed by atoms with Crippen molar-refractivity contribution in [1.29, 1.82) is 0 Å². The van der Waals surface area contributed by atoms with Crippen molar-refractivity contribution in [2.45, 2.75) is 18.9 Å². The predicted molar refractivity (Wildman–Crippen MR) is 78.7 cm³/mol. The normalized spacial score (nSPS) is 18.2.